The van der Waals surface area contributed by atoms with Gasteiger partial charge in [0.25, 0.3) is 0 Å². The van der Waals surface area contributed by atoms with Crippen LogP contribution in [-0.4, -0.2) is 46.6 Å². The summed E-state index contributed by atoms with van der Waals surface area (Å²) in [6.45, 7) is 2.92. The topological polar surface area (TPSA) is 121 Å². The second-order valence-corrected chi connectivity index (χ2v) is 8.82. The summed E-state index contributed by atoms with van der Waals surface area (Å²) in [5.74, 6) is -6.31. The fourth-order valence-electron chi connectivity index (χ4n) is 4.17. The van der Waals surface area contributed by atoms with E-state index < -0.39 is 81.7 Å². The number of rotatable bonds is 7. The summed E-state index contributed by atoms with van der Waals surface area (Å²) in [5.41, 5.74) is 0.729. The SMILES string of the molecule is COC(=O)C1=C(CF)NC(C(C)n2ncnc2N)=C(C(=O)OC(C)C)C1c1c(F)ccc(Cl)c1C(F)(F)F. The zero-order valence-electron chi connectivity index (χ0n) is 20.5. The Hall–Kier alpha value is -3.68. The molecular formula is C23H23ClF5N5O4. The van der Waals surface area contributed by atoms with E-state index in [-0.39, 0.29) is 11.6 Å². The molecule has 0 radical (unpaired) electrons. The van der Waals surface area contributed by atoms with Crippen molar-refractivity contribution in [3.8, 4) is 0 Å². The molecule has 38 heavy (non-hydrogen) atoms. The predicted molar refractivity (Wildman–Crippen MR) is 125 cm³/mol. The van der Waals surface area contributed by atoms with Gasteiger partial charge in [0, 0.05) is 5.56 Å². The summed E-state index contributed by atoms with van der Waals surface area (Å²) in [5, 5.41) is 5.60. The van der Waals surface area contributed by atoms with E-state index in [1.165, 1.54) is 20.8 Å². The number of dihydropyridines is 1. The van der Waals surface area contributed by atoms with Gasteiger partial charge in [-0.15, -0.1) is 0 Å². The zero-order valence-corrected chi connectivity index (χ0v) is 21.2. The molecule has 2 atom stereocenters. The van der Waals surface area contributed by atoms with Crippen molar-refractivity contribution in [3.05, 3.63) is 63.0 Å². The number of anilines is 1. The number of allylic oxidation sites excluding steroid dienone is 2. The van der Waals surface area contributed by atoms with E-state index in [4.69, 9.17) is 26.8 Å². The lowest BCUT2D eigenvalue weighted by atomic mass is 9.77. The summed E-state index contributed by atoms with van der Waals surface area (Å²) >= 11 is 5.87. The Kier molecular flexibility index (Phi) is 8.34. The van der Waals surface area contributed by atoms with E-state index in [1.807, 2.05) is 0 Å². The maximum Gasteiger partial charge on any atom is 0.418 e. The monoisotopic (exact) mass is 563 g/mol. The standard InChI is InChI=1S/C23H23ClF5N5O4/c1-9(2)38-21(36)17-16(14-12(26)6-5-11(24)18(14)23(27,28)29)15(20(35)37-4)13(7-25)33-19(17)10(3)34-22(30)31-8-32-34/h5-6,8-10,16,33H,7H2,1-4H3,(H2,30,31,32). The van der Waals surface area contributed by atoms with E-state index in [9.17, 15) is 27.2 Å². The van der Waals surface area contributed by atoms with Gasteiger partial charge >= 0.3 is 18.1 Å². The molecule has 206 valence electrons. The fraction of sp³-hybridized carbons (Fsp3) is 0.391. The minimum atomic E-state index is -5.24. The average Bonchev–Trinajstić information content (AvgIpc) is 3.27. The van der Waals surface area contributed by atoms with Crippen LogP contribution in [0.4, 0.5) is 27.9 Å². The van der Waals surface area contributed by atoms with Crippen molar-refractivity contribution in [1.82, 2.24) is 20.1 Å². The van der Waals surface area contributed by atoms with Gasteiger partial charge in [-0.25, -0.2) is 28.0 Å². The minimum absolute atomic E-state index is 0.158. The Morgan fingerprint density at radius 1 is 1.21 bits per heavy atom. The van der Waals surface area contributed by atoms with Crippen LogP contribution in [0.3, 0.4) is 0 Å². The van der Waals surface area contributed by atoms with E-state index in [1.54, 1.807) is 0 Å². The lowest BCUT2D eigenvalue weighted by Crippen LogP contribution is -2.38. The molecule has 15 heteroatoms. The Balaban J connectivity index is 2.52. The van der Waals surface area contributed by atoms with Crippen molar-refractivity contribution < 1.29 is 41.0 Å². The van der Waals surface area contributed by atoms with Crippen LogP contribution in [0.5, 0.6) is 0 Å². The van der Waals surface area contributed by atoms with Crippen molar-refractivity contribution >= 4 is 29.5 Å². The van der Waals surface area contributed by atoms with Crippen LogP contribution in [0.2, 0.25) is 5.02 Å². The molecule has 3 rings (SSSR count). The van der Waals surface area contributed by atoms with E-state index in [0.29, 0.717) is 12.1 Å². The van der Waals surface area contributed by atoms with Crippen molar-refractivity contribution in [1.29, 1.82) is 0 Å². The Bertz CT molecular complexity index is 1320. The number of hydrogen-bond donors (Lipinski definition) is 2. The Labute approximate surface area is 218 Å². The lowest BCUT2D eigenvalue weighted by Gasteiger charge is -2.35. The van der Waals surface area contributed by atoms with Crippen LogP contribution in [0.1, 0.15) is 43.9 Å². The molecule has 0 saturated heterocycles. The highest BCUT2D eigenvalue weighted by atomic mass is 35.5. The van der Waals surface area contributed by atoms with Gasteiger partial charge in [-0.2, -0.15) is 18.3 Å². The smallest absolute Gasteiger partial charge is 0.418 e. The first kappa shape index (κ1) is 28.9. The molecular weight excluding hydrogens is 541 g/mol. The summed E-state index contributed by atoms with van der Waals surface area (Å²) in [6, 6.07) is 0.215. The predicted octanol–water partition coefficient (Wildman–Crippen LogP) is 4.22. The lowest BCUT2D eigenvalue weighted by molar-refractivity contribution is -0.144. The minimum Gasteiger partial charge on any atom is -0.466 e. The molecule has 0 fully saturated rings. The molecule has 1 aromatic heterocycles. The second kappa shape index (κ2) is 11.0. The number of aromatic nitrogens is 3. The number of nitrogens with one attached hydrogen (secondary N) is 1. The molecule has 9 nitrogen and oxygen atoms in total. The van der Waals surface area contributed by atoms with Gasteiger partial charge in [-0.3, -0.25) is 0 Å². The molecule has 0 spiro atoms. The number of halogens is 6. The number of carbonyl (C=O) groups excluding carboxylic acids is 2. The first-order valence-electron chi connectivity index (χ1n) is 11.0. The maximum absolute atomic E-state index is 15.4. The zero-order chi connectivity index (χ0) is 28.5. The first-order chi connectivity index (χ1) is 17.7. The highest BCUT2D eigenvalue weighted by Gasteiger charge is 2.48. The number of nitrogens with two attached hydrogens (primary N) is 1. The normalized spacial score (nSPS) is 17.0. The molecule has 2 heterocycles. The fourth-order valence-corrected chi connectivity index (χ4v) is 4.44. The highest BCUT2D eigenvalue weighted by molar-refractivity contribution is 6.31. The van der Waals surface area contributed by atoms with Crippen molar-refractivity contribution in [3.63, 3.8) is 0 Å². The number of carbonyl (C=O) groups is 2. The summed E-state index contributed by atoms with van der Waals surface area (Å²) in [4.78, 5) is 30.1. The van der Waals surface area contributed by atoms with Crippen molar-refractivity contribution in [2.45, 2.75) is 45.0 Å². The van der Waals surface area contributed by atoms with E-state index >= 15 is 4.39 Å². The van der Waals surface area contributed by atoms with Crippen LogP contribution in [0.15, 0.2) is 41.0 Å². The molecule has 0 amide bonds. The highest BCUT2D eigenvalue weighted by Crippen LogP contribution is 2.49. The van der Waals surface area contributed by atoms with Crippen LogP contribution in [-0.2, 0) is 25.2 Å². The van der Waals surface area contributed by atoms with Crippen LogP contribution in [0, 0.1) is 5.82 Å². The quantitative estimate of drug-likeness (QED) is 0.379. The third kappa shape index (κ3) is 5.30. The third-order valence-electron chi connectivity index (χ3n) is 5.68. The van der Waals surface area contributed by atoms with Gasteiger partial charge in [0.2, 0.25) is 5.95 Å². The molecule has 3 N–H and O–H groups in total. The number of nitrogens with zero attached hydrogens (tertiary/aromatic N) is 3. The van der Waals surface area contributed by atoms with Gasteiger partial charge in [0.05, 0.1) is 58.3 Å². The molecule has 2 aromatic rings. The van der Waals surface area contributed by atoms with Crippen LogP contribution < -0.4 is 11.1 Å². The number of ether oxygens (including phenoxy) is 2. The molecule has 1 aliphatic heterocycles. The largest absolute Gasteiger partial charge is 0.466 e. The van der Waals surface area contributed by atoms with Gasteiger partial charge in [0.15, 0.2) is 0 Å². The number of methoxy groups -OCH3 is 1. The van der Waals surface area contributed by atoms with E-state index in [2.05, 4.69) is 15.4 Å². The van der Waals surface area contributed by atoms with E-state index in [0.717, 1.165) is 18.1 Å². The maximum atomic E-state index is 15.4. The summed E-state index contributed by atoms with van der Waals surface area (Å²) in [6.07, 6.45) is -4.96. The molecule has 1 aliphatic rings. The number of hydrogen-bond acceptors (Lipinski definition) is 8. The Morgan fingerprint density at radius 3 is 2.37 bits per heavy atom. The third-order valence-corrected chi connectivity index (χ3v) is 5.99. The van der Waals surface area contributed by atoms with Gasteiger partial charge in [-0.05, 0) is 32.9 Å². The first-order valence-corrected chi connectivity index (χ1v) is 11.4. The van der Waals surface area contributed by atoms with Gasteiger partial charge in [-0.1, -0.05) is 11.6 Å². The number of benzene rings is 1. The molecule has 0 saturated carbocycles. The summed E-state index contributed by atoms with van der Waals surface area (Å²) in [7, 11) is 0.894. The van der Waals surface area contributed by atoms with Crippen molar-refractivity contribution in [2.75, 3.05) is 19.5 Å². The number of nitrogen functional groups attached to an aromatic ring is 1. The van der Waals surface area contributed by atoms with Crippen LogP contribution in [0.25, 0.3) is 0 Å². The molecule has 2 unspecified atom stereocenters. The average molecular weight is 564 g/mol. The molecule has 1 aromatic carbocycles. The number of alkyl halides is 4. The van der Waals surface area contributed by atoms with Crippen LogP contribution >= 0.6 is 11.6 Å². The summed E-state index contributed by atoms with van der Waals surface area (Å²) < 4.78 is 83.6. The van der Waals surface area contributed by atoms with Gasteiger partial charge in [0.1, 0.15) is 18.8 Å². The molecule has 0 bridgehead atoms. The van der Waals surface area contributed by atoms with Gasteiger partial charge < -0.3 is 20.5 Å². The number of esters is 2. The second-order valence-electron chi connectivity index (χ2n) is 8.41. The molecule has 0 aliphatic carbocycles. The Morgan fingerprint density at radius 2 is 1.87 bits per heavy atom. The van der Waals surface area contributed by atoms with Crippen molar-refractivity contribution in [2.24, 2.45) is 0 Å².